The summed E-state index contributed by atoms with van der Waals surface area (Å²) >= 11 is 0. The number of aromatic nitrogens is 1. The van der Waals surface area contributed by atoms with Gasteiger partial charge in [-0.15, -0.1) is 0 Å². The molecule has 0 aliphatic carbocycles. The van der Waals surface area contributed by atoms with Crippen LogP contribution in [0.3, 0.4) is 0 Å². The van der Waals surface area contributed by atoms with E-state index in [1.54, 1.807) is 0 Å². The zero-order chi connectivity index (χ0) is 11.5. The number of hydrogen-bond acceptors (Lipinski definition) is 4. The molecule has 1 aliphatic rings. The summed E-state index contributed by atoms with van der Waals surface area (Å²) in [5, 5.41) is 3.30. The van der Waals surface area contributed by atoms with Crippen molar-refractivity contribution in [2.75, 3.05) is 25.1 Å². The van der Waals surface area contributed by atoms with Crippen molar-refractivity contribution in [3.8, 4) is 5.88 Å². The second-order valence-corrected chi connectivity index (χ2v) is 4.36. The quantitative estimate of drug-likeness (QED) is 0.819. The van der Waals surface area contributed by atoms with Crippen molar-refractivity contribution < 1.29 is 4.74 Å². The van der Waals surface area contributed by atoms with Gasteiger partial charge >= 0.3 is 0 Å². The lowest BCUT2D eigenvalue weighted by atomic mass is 10.2. The van der Waals surface area contributed by atoms with E-state index in [1.807, 2.05) is 7.05 Å². The number of anilines is 1. The lowest BCUT2D eigenvalue weighted by molar-refractivity contribution is 0.314. The Kier molecular flexibility index (Phi) is 3.29. The van der Waals surface area contributed by atoms with Crippen molar-refractivity contribution in [1.82, 2.24) is 10.3 Å². The SMILES string of the molecule is CC(C)N(C)c1ccc2c(n1)OCCNC2. The number of nitrogens with one attached hydrogen (secondary N) is 1. The van der Waals surface area contributed by atoms with Crippen LogP contribution in [0, 0.1) is 0 Å². The van der Waals surface area contributed by atoms with Crippen LogP contribution in [-0.4, -0.2) is 31.2 Å². The van der Waals surface area contributed by atoms with Gasteiger partial charge in [-0.1, -0.05) is 0 Å². The third kappa shape index (κ3) is 2.27. The molecule has 16 heavy (non-hydrogen) atoms. The number of ether oxygens (including phenoxy) is 1. The maximum absolute atomic E-state index is 5.62. The average molecular weight is 221 g/mol. The van der Waals surface area contributed by atoms with Gasteiger partial charge in [0.2, 0.25) is 5.88 Å². The van der Waals surface area contributed by atoms with Crippen LogP contribution in [0.1, 0.15) is 19.4 Å². The highest BCUT2D eigenvalue weighted by atomic mass is 16.5. The normalized spacial score (nSPS) is 15.2. The van der Waals surface area contributed by atoms with Crippen LogP contribution >= 0.6 is 0 Å². The molecule has 88 valence electrons. The lowest BCUT2D eigenvalue weighted by Gasteiger charge is -2.23. The molecule has 0 atom stereocenters. The maximum Gasteiger partial charge on any atom is 0.219 e. The van der Waals surface area contributed by atoms with Crippen molar-refractivity contribution in [3.05, 3.63) is 17.7 Å². The first-order chi connectivity index (χ1) is 7.68. The van der Waals surface area contributed by atoms with Gasteiger partial charge in [-0.25, -0.2) is 0 Å². The Hall–Kier alpha value is -1.29. The van der Waals surface area contributed by atoms with Crippen LogP contribution in [0.25, 0.3) is 0 Å². The van der Waals surface area contributed by atoms with Gasteiger partial charge in [-0.05, 0) is 26.0 Å². The first kappa shape index (κ1) is 11.2. The average Bonchev–Trinajstić information content (AvgIpc) is 2.51. The van der Waals surface area contributed by atoms with E-state index in [1.165, 1.54) is 0 Å². The zero-order valence-corrected chi connectivity index (χ0v) is 10.2. The van der Waals surface area contributed by atoms with Gasteiger partial charge in [0.15, 0.2) is 0 Å². The van der Waals surface area contributed by atoms with Crippen molar-refractivity contribution in [1.29, 1.82) is 0 Å². The van der Waals surface area contributed by atoms with Crippen LogP contribution in [0.5, 0.6) is 5.88 Å². The minimum absolute atomic E-state index is 0.439. The van der Waals surface area contributed by atoms with Crippen LogP contribution in [0.2, 0.25) is 0 Å². The van der Waals surface area contributed by atoms with Crippen molar-refractivity contribution >= 4 is 5.82 Å². The molecule has 0 amide bonds. The molecule has 0 saturated heterocycles. The molecular formula is C12H19N3O. The maximum atomic E-state index is 5.62. The number of pyridine rings is 1. The fourth-order valence-corrected chi connectivity index (χ4v) is 1.62. The first-order valence-electron chi connectivity index (χ1n) is 5.75. The Morgan fingerprint density at radius 1 is 1.44 bits per heavy atom. The molecule has 1 aromatic rings. The van der Waals surface area contributed by atoms with E-state index in [2.05, 4.69) is 41.2 Å². The summed E-state index contributed by atoms with van der Waals surface area (Å²) in [4.78, 5) is 6.70. The number of nitrogens with zero attached hydrogens (tertiary/aromatic N) is 2. The minimum Gasteiger partial charge on any atom is -0.476 e. The molecule has 0 saturated carbocycles. The fourth-order valence-electron chi connectivity index (χ4n) is 1.62. The molecule has 1 N–H and O–H groups in total. The van der Waals surface area contributed by atoms with E-state index in [4.69, 9.17) is 4.74 Å². The van der Waals surface area contributed by atoms with Gasteiger partial charge < -0.3 is 15.0 Å². The summed E-state index contributed by atoms with van der Waals surface area (Å²) in [5.41, 5.74) is 1.14. The third-order valence-corrected chi connectivity index (χ3v) is 2.89. The molecule has 4 heteroatoms. The number of rotatable bonds is 2. The molecule has 0 radical (unpaired) electrons. The largest absolute Gasteiger partial charge is 0.476 e. The second-order valence-electron chi connectivity index (χ2n) is 4.36. The lowest BCUT2D eigenvalue weighted by Crippen LogP contribution is -2.26. The minimum atomic E-state index is 0.439. The second kappa shape index (κ2) is 4.70. The van der Waals surface area contributed by atoms with Gasteiger partial charge in [0.05, 0.1) is 0 Å². The molecule has 0 unspecified atom stereocenters. The summed E-state index contributed by atoms with van der Waals surface area (Å²) in [6.07, 6.45) is 0. The molecule has 2 rings (SSSR count). The highest BCUT2D eigenvalue weighted by molar-refractivity contribution is 5.44. The molecular weight excluding hydrogens is 202 g/mol. The molecule has 0 spiro atoms. The Balaban J connectivity index is 2.27. The Morgan fingerprint density at radius 2 is 2.25 bits per heavy atom. The summed E-state index contributed by atoms with van der Waals surface area (Å²) in [7, 11) is 2.05. The Bertz CT molecular complexity index is 365. The molecule has 0 bridgehead atoms. The molecule has 1 aromatic heterocycles. The van der Waals surface area contributed by atoms with Crippen LogP contribution in [0.15, 0.2) is 12.1 Å². The van der Waals surface area contributed by atoms with Gasteiger partial charge in [-0.3, -0.25) is 0 Å². The van der Waals surface area contributed by atoms with Crippen LogP contribution < -0.4 is 15.0 Å². The van der Waals surface area contributed by atoms with Gasteiger partial charge in [0.25, 0.3) is 0 Å². The van der Waals surface area contributed by atoms with E-state index in [-0.39, 0.29) is 0 Å². The predicted octanol–water partition coefficient (Wildman–Crippen LogP) is 1.41. The molecule has 0 fully saturated rings. The van der Waals surface area contributed by atoms with E-state index in [9.17, 15) is 0 Å². The van der Waals surface area contributed by atoms with Crippen LogP contribution in [-0.2, 0) is 6.54 Å². The van der Waals surface area contributed by atoms with E-state index in [0.29, 0.717) is 12.6 Å². The summed E-state index contributed by atoms with van der Waals surface area (Å²) in [6, 6.07) is 4.58. The summed E-state index contributed by atoms with van der Waals surface area (Å²) < 4.78 is 5.62. The molecule has 0 aromatic carbocycles. The van der Waals surface area contributed by atoms with Crippen LogP contribution in [0.4, 0.5) is 5.82 Å². The standard InChI is InChI=1S/C12H19N3O/c1-9(2)15(3)11-5-4-10-8-13-6-7-16-12(10)14-11/h4-5,9,13H,6-8H2,1-3H3. The Morgan fingerprint density at radius 3 is 3.00 bits per heavy atom. The van der Waals surface area contributed by atoms with E-state index in [0.717, 1.165) is 30.4 Å². The number of fused-ring (bicyclic) bond motifs is 1. The summed E-state index contributed by atoms with van der Waals surface area (Å²) in [5.74, 6) is 1.74. The zero-order valence-electron chi connectivity index (χ0n) is 10.2. The van der Waals surface area contributed by atoms with Crippen molar-refractivity contribution in [3.63, 3.8) is 0 Å². The van der Waals surface area contributed by atoms with E-state index >= 15 is 0 Å². The number of hydrogen-bond donors (Lipinski definition) is 1. The highest BCUT2D eigenvalue weighted by Crippen LogP contribution is 2.22. The van der Waals surface area contributed by atoms with Crippen molar-refractivity contribution in [2.45, 2.75) is 26.4 Å². The first-order valence-corrected chi connectivity index (χ1v) is 5.75. The molecule has 2 heterocycles. The van der Waals surface area contributed by atoms with Crippen molar-refractivity contribution in [2.24, 2.45) is 0 Å². The monoisotopic (exact) mass is 221 g/mol. The molecule has 4 nitrogen and oxygen atoms in total. The predicted molar refractivity (Wildman–Crippen MR) is 65.0 cm³/mol. The van der Waals surface area contributed by atoms with Gasteiger partial charge in [0, 0.05) is 31.7 Å². The highest BCUT2D eigenvalue weighted by Gasteiger charge is 2.13. The third-order valence-electron chi connectivity index (χ3n) is 2.89. The van der Waals surface area contributed by atoms with E-state index < -0.39 is 0 Å². The van der Waals surface area contributed by atoms with Gasteiger partial charge in [0.1, 0.15) is 12.4 Å². The van der Waals surface area contributed by atoms with Gasteiger partial charge in [-0.2, -0.15) is 4.98 Å². The Labute approximate surface area is 96.6 Å². The topological polar surface area (TPSA) is 37.4 Å². The summed E-state index contributed by atoms with van der Waals surface area (Å²) in [6.45, 7) is 6.71. The smallest absolute Gasteiger partial charge is 0.219 e. The fraction of sp³-hybridized carbons (Fsp3) is 0.583. The molecule has 1 aliphatic heterocycles.